The van der Waals surface area contributed by atoms with Gasteiger partial charge in [0.1, 0.15) is 0 Å². The van der Waals surface area contributed by atoms with Crippen LogP contribution in [0.3, 0.4) is 0 Å². The summed E-state index contributed by atoms with van der Waals surface area (Å²) in [6.45, 7) is 4.17. The maximum absolute atomic E-state index is 12.4. The maximum Gasteiger partial charge on any atom is 0.272 e. The molecule has 5 heteroatoms. The number of nitrogens with zero attached hydrogens (tertiary/aromatic N) is 1. The average molecular weight is 321 g/mol. The van der Waals surface area contributed by atoms with Crippen molar-refractivity contribution in [3.8, 4) is 0 Å². The number of carbonyl (C=O) groups is 1. The molecule has 0 aliphatic rings. The van der Waals surface area contributed by atoms with E-state index in [4.69, 9.17) is 0 Å². The van der Waals surface area contributed by atoms with Gasteiger partial charge in [0.2, 0.25) is 5.91 Å². The van der Waals surface area contributed by atoms with E-state index < -0.39 is 0 Å². The van der Waals surface area contributed by atoms with Crippen molar-refractivity contribution in [2.75, 3.05) is 5.32 Å². The molecule has 0 aliphatic heterocycles. The Labute approximate surface area is 139 Å². The van der Waals surface area contributed by atoms with Crippen LogP contribution in [0.4, 0.5) is 5.69 Å². The highest BCUT2D eigenvalue weighted by Crippen LogP contribution is 2.24. The quantitative estimate of drug-likeness (QED) is 0.774. The Morgan fingerprint density at radius 3 is 2.50 bits per heavy atom. The number of rotatable bonds is 4. The highest BCUT2D eigenvalue weighted by Gasteiger charge is 2.13. The van der Waals surface area contributed by atoms with Crippen molar-refractivity contribution in [2.24, 2.45) is 0 Å². The summed E-state index contributed by atoms with van der Waals surface area (Å²) in [5.74, 6) is 0.154. The van der Waals surface area contributed by atoms with Crippen LogP contribution in [0.5, 0.6) is 0 Å². The second-order valence-corrected chi connectivity index (χ2v) is 6.01. The third-order valence-corrected chi connectivity index (χ3v) is 3.96. The van der Waals surface area contributed by atoms with Crippen molar-refractivity contribution >= 4 is 22.4 Å². The van der Waals surface area contributed by atoms with Gasteiger partial charge in [-0.25, -0.2) is 5.10 Å². The number of benzene rings is 2. The monoisotopic (exact) mass is 321 g/mol. The minimum absolute atomic E-state index is 0.101. The fourth-order valence-corrected chi connectivity index (χ4v) is 2.77. The van der Waals surface area contributed by atoms with Gasteiger partial charge in [0.05, 0.1) is 17.5 Å². The molecule has 122 valence electrons. The van der Waals surface area contributed by atoms with Crippen molar-refractivity contribution in [1.82, 2.24) is 10.2 Å². The number of H-pyrrole nitrogens is 1. The van der Waals surface area contributed by atoms with Gasteiger partial charge in [0.25, 0.3) is 5.56 Å². The van der Waals surface area contributed by atoms with E-state index in [1.165, 1.54) is 0 Å². The number of aromatic amines is 1. The second-order valence-electron chi connectivity index (χ2n) is 6.01. The van der Waals surface area contributed by atoms with E-state index in [0.29, 0.717) is 22.4 Å². The van der Waals surface area contributed by atoms with Crippen LogP contribution in [-0.2, 0) is 11.2 Å². The highest BCUT2D eigenvalue weighted by atomic mass is 16.1. The Balaban J connectivity index is 1.87. The lowest BCUT2D eigenvalue weighted by atomic mass is 10.0. The predicted molar refractivity (Wildman–Crippen MR) is 95.2 cm³/mol. The number of amides is 1. The molecule has 1 heterocycles. The molecule has 0 unspecified atom stereocenters. The van der Waals surface area contributed by atoms with Crippen LogP contribution in [-0.4, -0.2) is 16.1 Å². The number of fused-ring (bicyclic) bond motifs is 1. The van der Waals surface area contributed by atoms with Crippen LogP contribution >= 0.6 is 0 Å². The van der Waals surface area contributed by atoms with E-state index in [1.807, 2.05) is 36.4 Å². The Morgan fingerprint density at radius 1 is 1.08 bits per heavy atom. The van der Waals surface area contributed by atoms with Gasteiger partial charge in [0.15, 0.2) is 0 Å². The van der Waals surface area contributed by atoms with Gasteiger partial charge < -0.3 is 5.32 Å². The molecule has 0 radical (unpaired) electrons. The van der Waals surface area contributed by atoms with Gasteiger partial charge in [-0.15, -0.1) is 0 Å². The van der Waals surface area contributed by atoms with Crippen LogP contribution in [0.15, 0.2) is 53.3 Å². The number of para-hydroxylation sites is 1. The van der Waals surface area contributed by atoms with Crippen molar-refractivity contribution in [3.05, 3.63) is 70.1 Å². The molecule has 0 fully saturated rings. The van der Waals surface area contributed by atoms with Gasteiger partial charge in [-0.2, -0.15) is 5.10 Å². The molecule has 1 aromatic heterocycles. The van der Waals surface area contributed by atoms with Crippen molar-refractivity contribution in [1.29, 1.82) is 0 Å². The normalized spacial score (nSPS) is 11.0. The first-order valence-corrected chi connectivity index (χ1v) is 7.91. The van der Waals surface area contributed by atoms with Crippen LogP contribution in [0.25, 0.3) is 10.8 Å². The first kappa shape index (κ1) is 15.9. The molecule has 3 aromatic rings. The molecule has 0 aliphatic carbocycles. The molecule has 0 saturated carbocycles. The lowest BCUT2D eigenvalue weighted by Crippen LogP contribution is -2.19. The van der Waals surface area contributed by atoms with Crippen LogP contribution < -0.4 is 10.9 Å². The lowest BCUT2D eigenvalue weighted by Gasteiger charge is -2.13. The molecule has 24 heavy (non-hydrogen) atoms. The fraction of sp³-hybridized carbons (Fsp3) is 0.211. The topological polar surface area (TPSA) is 74.8 Å². The number of hydrogen-bond donors (Lipinski definition) is 2. The number of carbonyl (C=O) groups excluding carboxylic acids is 1. The van der Waals surface area contributed by atoms with Gasteiger partial charge in [-0.1, -0.05) is 50.2 Å². The number of nitrogens with one attached hydrogen (secondary N) is 2. The van der Waals surface area contributed by atoms with Crippen molar-refractivity contribution in [2.45, 2.75) is 26.2 Å². The third-order valence-electron chi connectivity index (χ3n) is 3.96. The van der Waals surface area contributed by atoms with Crippen molar-refractivity contribution in [3.63, 3.8) is 0 Å². The molecule has 2 N–H and O–H groups in total. The second kappa shape index (κ2) is 6.66. The summed E-state index contributed by atoms with van der Waals surface area (Å²) in [5.41, 5.74) is 2.21. The minimum atomic E-state index is -0.250. The van der Waals surface area contributed by atoms with Crippen LogP contribution in [0.2, 0.25) is 0 Å². The molecule has 3 rings (SSSR count). The standard InChI is InChI=1S/C19H19N3O2/c1-12(2)13-7-5-6-10-16(13)20-18(23)11-17-14-8-3-4-9-15(14)19(24)22-21-17/h3-10,12H,11H2,1-2H3,(H,20,23)(H,22,24). The summed E-state index contributed by atoms with van der Waals surface area (Å²) in [4.78, 5) is 24.3. The smallest absolute Gasteiger partial charge is 0.272 e. The summed E-state index contributed by atoms with van der Waals surface area (Å²) in [7, 11) is 0. The Morgan fingerprint density at radius 2 is 1.75 bits per heavy atom. The van der Waals surface area contributed by atoms with Crippen LogP contribution in [0, 0.1) is 0 Å². The molecule has 0 saturated heterocycles. The molecule has 0 atom stereocenters. The molecular weight excluding hydrogens is 302 g/mol. The highest BCUT2D eigenvalue weighted by molar-refractivity contribution is 5.95. The Hall–Kier alpha value is -2.95. The Bertz CT molecular complexity index is 944. The number of anilines is 1. The molecule has 5 nitrogen and oxygen atoms in total. The summed E-state index contributed by atoms with van der Waals surface area (Å²) in [6, 6.07) is 14.9. The van der Waals surface area contributed by atoms with Gasteiger partial charge in [0, 0.05) is 11.1 Å². The molecule has 0 bridgehead atoms. The van der Waals surface area contributed by atoms with Gasteiger partial charge in [-0.3, -0.25) is 9.59 Å². The SMILES string of the molecule is CC(C)c1ccccc1NC(=O)Cc1n[nH]c(=O)c2ccccc12. The molecule has 2 aromatic carbocycles. The lowest BCUT2D eigenvalue weighted by molar-refractivity contribution is -0.115. The molecule has 1 amide bonds. The largest absolute Gasteiger partial charge is 0.325 e. The Kier molecular flexibility index (Phi) is 4.42. The third kappa shape index (κ3) is 3.20. The summed E-state index contributed by atoms with van der Waals surface area (Å²) in [5, 5.41) is 10.7. The minimum Gasteiger partial charge on any atom is -0.325 e. The molecule has 0 spiro atoms. The number of aromatic nitrogens is 2. The average Bonchev–Trinajstić information content (AvgIpc) is 2.58. The zero-order valence-corrected chi connectivity index (χ0v) is 13.7. The van der Waals surface area contributed by atoms with E-state index >= 15 is 0 Å². The summed E-state index contributed by atoms with van der Waals surface area (Å²) < 4.78 is 0. The van der Waals surface area contributed by atoms with Crippen LogP contribution in [0.1, 0.15) is 31.0 Å². The zero-order chi connectivity index (χ0) is 17.1. The summed E-state index contributed by atoms with van der Waals surface area (Å²) in [6.07, 6.45) is 0.101. The maximum atomic E-state index is 12.4. The first-order valence-electron chi connectivity index (χ1n) is 7.91. The van der Waals surface area contributed by atoms with E-state index in [1.54, 1.807) is 12.1 Å². The van der Waals surface area contributed by atoms with E-state index in [-0.39, 0.29) is 17.9 Å². The number of hydrogen-bond acceptors (Lipinski definition) is 3. The molecular formula is C19H19N3O2. The van der Waals surface area contributed by atoms with Crippen molar-refractivity contribution < 1.29 is 4.79 Å². The van der Waals surface area contributed by atoms with Gasteiger partial charge >= 0.3 is 0 Å². The first-order chi connectivity index (χ1) is 11.6. The van der Waals surface area contributed by atoms with E-state index in [0.717, 1.165) is 11.3 Å². The van der Waals surface area contributed by atoms with E-state index in [9.17, 15) is 9.59 Å². The van der Waals surface area contributed by atoms with E-state index in [2.05, 4.69) is 29.4 Å². The summed E-state index contributed by atoms with van der Waals surface area (Å²) >= 11 is 0. The predicted octanol–water partition coefficient (Wildman–Crippen LogP) is 3.23. The van der Waals surface area contributed by atoms with Gasteiger partial charge in [-0.05, 0) is 23.6 Å². The fourth-order valence-electron chi connectivity index (χ4n) is 2.77. The zero-order valence-electron chi connectivity index (χ0n) is 13.7.